The molecule has 0 unspecified atom stereocenters. The Bertz CT molecular complexity index is 1040. The first-order chi connectivity index (χ1) is 15.0. The molecule has 31 heavy (non-hydrogen) atoms. The van der Waals surface area contributed by atoms with Crippen LogP contribution in [0, 0.1) is 0 Å². The number of amides is 2. The molecule has 2 aliphatic heterocycles. The van der Waals surface area contributed by atoms with Gasteiger partial charge in [-0.25, -0.2) is 0 Å². The minimum atomic E-state index is -0.351. The molecule has 160 valence electrons. The van der Waals surface area contributed by atoms with Crippen molar-refractivity contribution in [3.05, 3.63) is 88.1 Å². The van der Waals surface area contributed by atoms with Crippen LogP contribution < -0.4 is 0 Å². The first-order valence-corrected chi connectivity index (χ1v) is 10.9. The van der Waals surface area contributed by atoms with Crippen LogP contribution in [0.4, 0.5) is 0 Å². The zero-order valence-electron chi connectivity index (χ0n) is 17.1. The van der Waals surface area contributed by atoms with Gasteiger partial charge in [0.05, 0.1) is 10.6 Å². The SMILES string of the molecule is C=CCN1C(=O)C(c2ccc(Cl)cc2Cl)=C(N2CCN(Cc3ccccc3)CC2)C1=O. The van der Waals surface area contributed by atoms with Gasteiger partial charge in [-0.2, -0.15) is 0 Å². The number of carbonyl (C=O) groups excluding carboxylic acids is 2. The van der Waals surface area contributed by atoms with Crippen LogP contribution in [0.25, 0.3) is 5.57 Å². The van der Waals surface area contributed by atoms with E-state index in [1.54, 1.807) is 24.3 Å². The normalized spacial score (nSPS) is 17.6. The molecule has 2 heterocycles. The van der Waals surface area contributed by atoms with E-state index in [4.69, 9.17) is 23.2 Å². The minimum Gasteiger partial charge on any atom is -0.364 e. The molecular weight excluding hydrogens is 433 g/mol. The Labute approximate surface area is 192 Å². The van der Waals surface area contributed by atoms with Crippen molar-refractivity contribution in [2.75, 3.05) is 32.7 Å². The van der Waals surface area contributed by atoms with E-state index in [0.29, 0.717) is 40.0 Å². The van der Waals surface area contributed by atoms with Gasteiger partial charge < -0.3 is 4.90 Å². The summed E-state index contributed by atoms with van der Waals surface area (Å²) in [5.74, 6) is -0.654. The van der Waals surface area contributed by atoms with Crippen molar-refractivity contribution >= 4 is 40.6 Å². The average molecular weight is 456 g/mol. The van der Waals surface area contributed by atoms with Crippen LogP contribution in [0.5, 0.6) is 0 Å². The maximum Gasteiger partial charge on any atom is 0.278 e. The Kier molecular flexibility index (Phi) is 6.46. The Hall–Kier alpha value is -2.60. The highest BCUT2D eigenvalue weighted by Crippen LogP contribution is 2.36. The number of rotatable bonds is 6. The van der Waals surface area contributed by atoms with Crippen molar-refractivity contribution < 1.29 is 9.59 Å². The van der Waals surface area contributed by atoms with Gasteiger partial charge in [0, 0.05) is 49.9 Å². The zero-order chi connectivity index (χ0) is 22.0. The van der Waals surface area contributed by atoms with E-state index in [1.807, 2.05) is 23.1 Å². The first-order valence-electron chi connectivity index (χ1n) is 10.2. The number of benzene rings is 2. The van der Waals surface area contributed by atoms with E-state index in [9.17, 15) is 9.59 Å². The van der Waals surface area contributed by atoms with Gasteiger partial charge in [0.1, 0.15) is 5.70 Å². The van der Waals surface area contributed by atoms with Gasteiger partial charge in [-0.15, -0.1) is 6.58 Å². The van der Waals surface area contributed by atoms with Crippen molar-refractivity contribution in [3.63, 3.8) is 0 Å². The van der Waals surface area contributed by atoms with Crippen molar-refractivity contribution in [2.24, 2.45) is 0 Å². The summed E-state index contributed by atoms with van der Waals surface area (Å²) in [6, 6.07) is 15.3. The number of halogens is 2. The smallest absolute Gasteiger partial charge is 0.278 e. The highest BCUT2D eigenvalue weighted by atomic mass is 35.5. The summed E-state index contributed by atoms with van der Waals surface area (Å²) in [5, 5.41) is 0.828. The molecule has 0 aliphatic carbocycles. The first kappa shape index (κ1) is 21.6. The fourth-order valence-corrected chi connectivity index (χ4v) is 4.56. The van der Waals surface area contributed by atoms with Crippen molar-refractivity contribution in [2.45, 2.75) is 6.54 Å². The lowest BCUT2D eigenvalue weighted by Crippen LogP contribution is -2.47. The molecule has 5 nitrogen and oxygen atoms in total. The summed E-state index contributed by atoms with van der Waals surface area (Å²) in [4.78, 5) is 32.0. The molecule has 0 spiro atoms. The van der Waals surface area contributed by atoms with Crippen LogP contribution in [0.1, 0.15) is 11.1 Å². The van der Waals surface area contributed by atoms with Gasteiger partial charge >= 0.3 is 0 Å². The van der Waals surface area contributed by atoms with Crippen molar-refractivity contribution in [3.8, 4) is 0 Å². The summed E-state index contributed by atoms with van der Waals surface area (Å²) < 4.78 is 0. The topological polar surface area (TPSA) is 43.9 Å². The van der Waals surface area contributed by atoms with E-state index in [2.05, 4.69) is 23.6 Å². The average Bonchev–Trinajstić information content (AvgIpc) is 3.00. The van der Waals surface area contributed by atoms with E-state index < -0.39 is 0 Å². The summed E-state index contributed by atoms with van der Waals surface area (Å²) in [6.45, 7) is 7.59. The van der Waals surface area contributed by atoms with Gasteiger partial charge in [-0.1, -0.05) is 65.7 Å². The number of imide groups is 1. The van der Waals surface area contributed by atoms with E-state index >= 15 is 0 Å². The molecule has 0 saturated carbocycles. The second-order valence-corrected chi connectivity index (χ2v) is 8.45. The molecule has 0 aromatic heterocycles. The standard InChI is InChI=1S/C24H23Cl2N3O2/c1-2-10-29-23(30)21(19-9-8-18(25)15-20(19)26)22(24(29)31)28-13-11-27(12-14-28)16-17-6-4-3-5-7-17/h2-9,15H,1,10-14,16H2. The second kappa shape index (κ2) is 9.27. The number of nitrogens with zero attached hydrogens (tertiary/aromatic N) is 3. The number of carbonyl (C=O) groups is 2. The highest BCUT2D eigenvalue weighted by molar-refractivity contribution is 6.41. The predicted molar refractivity (Wildman–Crippen MR) is 124 cm³/mol. The van der Waals surface area contributed by atoms with Crippen molar-refractivity contribution in [1.29, 1.82) is 0 Å². The Balaban J connectivity index is 1.61. The summed E-state index contributed by atoms with van der Waals surface area (Å²) in [7, 11) is 0. The van der Waals surface area contributed by atoms with Gasteiger partial charge in [-0.05, 0) is 17.7 Å². The van der Waals surface area contributed by atoms with E-state index in [1.165, 1.54) is 10.5 Å². The third-order valence-corrected chi connectivity index (χ3v) is 6.14. The third-order valence-electron chi connectivity index (χ3n) is 5.59. The minimum absolute atomic E-state index is 0.157. The molecule has 0 N–H and O–H groups in total. The summed E-state index contributed by atoms with van der Waals surface area (Å²) in [5.41, 5.74) is 2.53. The largest absolute Gasteiger partial charge is 0.364 e. The van der Waals surface area contributed by atoms with Crippen LogP contribution in [0.3, 0.4) is 0 Å². The molecule has 2 aromatic carbocycles. The van der Waals surface area contributed by atoms with Gasteiger partial charge in [0.2, 0.25) is 0 Å². The summed E-state index contributed by atoms with van der Waals surface area (Å²) in [6.07, 6.45) is 1.55. The maximum atomic E-state index is 13.2. The fourth-order valence-electron chi connectivity index (χ4n) is 4.06. The Morgan fingerprint density at radius 3 is 2.29 bits per heavy atom. The number of hydrogen-bond acceptors (Lipinski definition) is 4. The van der Waals surface area contributed by atoms with E-state index in [0.717, 1.165) is 19.6 Å². The van der Waals surface area contributed by atoms with Gasteiger partial charge in [0.15, 0.2) is 0 Å². The molecule has 0 bridgehead atoms. The fraction of sp³-hybridized carbons (Fsp3) is 0.250. The molecule has 2 aromatic rings. The highest BCUT2D eigenvalue weighted by Gasteiger charge is 2.42. The molecule has 1 fully saturated rings. The molecule has 2 aliphatic rings. The molecule has 0 atom stereocenters. The van der Waals surface area contributed by atoms with E-state index in [-0.39, 0.29) is 18.4 Å². The molecular formula is C24H23Cl2N3O2. The van der Waals surface area contributed by atoms with Crippen LogP contribution in [-0.4, -0.2) is 59.2 Å². The summed E-state index contributed by atoms with van der Waals surface area (Å²) >= 11 is 12.5. The van der Waals surface area contributed by atoms with Crippen LogP contribution >= 0.6 is 23.2 Å². The van der Waals surface area contributed by atoms with Crippen molar-refractivity contribution in [1.82, 2.24) is 14.7 Å². The van der Waals surface area contributed by atoms with Gasteiger partial charge in [-0.3, -0.25) is 19.4 Å². The monoisotopic (exact) mass is 455 g/mol. The molecule has 0 radical (unpaired) electrons. The molecule has 1 saturated heterocycles. The number of piperazine rings is 1. The molecule has 2 amide bonds. The lowest BCUT2D eigenvalue weighted by Gasteiger charge is -2.36. The lowest BCUT2D eigenvalue weighted by atomic mass is 10.0. The predicted octanol–water partition coefficient (Wildman–Crippen LogP) is 4.08. The van der Waals surface area contributed by atoms with Crippen LogP contribution in [0.2, 0.25) is 10.0 Å². The lowest BCUT2D eigenvalue weighted by molar-refractivity contribution is -0.137. The zero-order valence-corrected chi connectivity index (χ0v) is 18.6. The van der Waals surface area contributed by atoms with Crippen LogP contribution in [0.15, 0.2) is 66.9 Å². The maximum absolute atomic E-state index is 13.2. The van der Waals surface area contributed by atoms with Crippen LogP contribution in [-0.2, 0) is 16.1 Å². The molecule has 7 heteroatoms. The van der Waals surface area contributed by atoms with Gasteiger partial charge in [0.25, 0.3) is 11.8 Å². The Morgan fingerprint density at radius 2 is 1.65 bits per heavy atom. The third kappa shape index (κ3) is 4.40. The molecule has 4 rings (SSSR count). The Morgan fingerprint density at radius 1 is 0.935 bits per heavy atom. The quantitative estimate of drug-likeness (QED) is 0.486. The second-order valence-electron chi connectivity index (χ2n) is 7.61. The number of hydrogen-bond donors (Lipinski definition) is 0.